The predicted molar refractivity (Wildman–Crippen MR) is 71.1 cm³/mol. The number of aromatic nitrogens is 2. The molecule has 1 amide bonds. The van der Waals surface area contributed by atoms with Crippen LogP contribution >= 0.6 is 15.9 Å². The Morgan fingerprint density at radius 2 is 2.44 bits per heavy atom. The summed E-state index contributed by atoms with van der Waals surface area (Å²) in [5, 5.41) is 4.11. The van der Waals surface area contributed by atoms with Gasteiger partial charge in [0, 0.05) is 12.7 Å². The van der Waals surface area contributed by atoms with Gasteiger partial charge in [-0.15, -0.1) is 0 Å². The molecule has 1 aromatic heterocycles. The zero-order valence-corrected chi connectivity index (χ0v) is 12.3. The van der Waals surface area contributed by atoms with Crippen LogP contribution in [0.15, 0.2) is 16.9 Å². The lowest BCUT2D eigenvalue weighted by Gasteiger charge is -2.38. The van der Waals surface area contributed by atoms with Gasteiger partial charge in [-0.05, 0) is 29.3 Å². The number of carbonyl (C=O) groups excluding carboxylic acids is 1. The van der Waals surface area contributed by atoms with E-state index >= 15 is 0 Å². The Morgan fingerprint density at radius 1 is 1.67 bits per heavy atom. The lowest BCUT2D eigenvalue weighted by atomic mass is 10.1. The fourth-order valence-electron chi connectivity index (χ4n) is 2.14. The second-order valence-corrected chi connectivity index (χ2v) is 5.52. The molecule has 5 nitrogen and oxygen atoms in total. The third-order valence-electron chi connectivity index (χ3n) is 3.16. The van der Waals surface area contributed by atoms with E-state index in [1.807, 2.05) is 18.0 Å². The maximum absolute atomic E-state index is 12.3. The molecule has 1 fully saturated rings. The number of hydrogen-bond donors (Lipinski definition) is 0. The summed E-state index contributed by atoms with van der Waals surface area (Å²) >= 11 is 3.32. The molecule has 0 N–H and O–H groups in total. The minimum absolute atomic E-state index is 0.104. The zero-order valence-electron chi connectivity index (χ0n) is 10.7. The monoisotopic (exact) mass is 315 g/mol. The topological polar surface area (TPSA) is 47.4 Å². The predicted octanol–water partition coefficient (Wildman–Crippen LogP) is 1.67. The second-order valence-electron chi connectivity index (χ2n) is 4.61. The van der Waals surface area contributed by atoms with E-state index < -0.39 is 0 Å². The van der Waals surface area contributed by atoms with Gasteiger partial charge in [0.05, 0.1) is 29.4 Å². The van der Waals surface area contributed by atoms with Gasteiger partial charge in [-0.25, -0.2) is 0 Å². The molecule has 1 aliphatic heterocycles. The Bertz CT molecular complexity index is 421. The van der Waals surface area contributed by atoms with Crippen molar-refractivity contribution in [1.82, 2.24) is 14.7 Å². The molecule has 18 heavy (non-hydrogen) atoms. The smallest absolute Gasteiger partial charge is 0.244 e. The largest absolute Gasteiger partial charge is 0.375 e. The van der Waals surface area contributed by atoms with Gasteiger partial charge in [0.2, 0.25) is 5.91 Å². The summed E-state index contributed by atoms with van der Waals surface area (Å²) < 4.78 is 8.13. The third-order valence-corrected chi connectivity index (χ3v) is 3.57. The number of morpholine rings is 1. The molecule has 2 atom stereocenters. The number of ether oxygens (including phenoxy) is 1. The fraction of sp³-hybridized carbons (Fsp3) is 0.667. The maximum atomic E-state index is 12.3. The molecule has 2 rings (SSSR count). The average Bonchev–Trinajstić information content (AvgIpc) is 2.74. The molecule has 1 aliphatic rings. The molecular formula is C12H18BrN3O2. The first-order valence-electron chi connectivity index (χ1n) is 6.19. The van der Waals surface area contributed by atoms with Crippen molar-refractivity contribution in [3.63, 3.8) is 0 Å². The lowest BCUT2D eigenvalue weighted by Crippen LogP contribution is -2.52. The minimum Gasteiger partial charge on any atom is -0.375 e. The van der Waals surface area contributed by atoms with Crippen LogP contribution in [0, 0.1) is 0 Å². The quantitative estimate of drug-likeness (QED) is 0.852. The first kappa shape index (κ1) is 13.5. The number of nitrogens with zero attached hydrogens (tertiary/aromatic N) is 3. The number of hydrogen-bond acceptors (Lipinski definition) is 3. The van der Waals surface area contributed by atoms with Crippen molar-refractivity contribution in [2.24, 2.45) is 0 Å². The molecule has 0 radical (unpaired) electrons. The SMILES string of the molecule is CCC1COC(C)CN1C(=O)Cn1cc(Br)cn1. The summed E-state index contributed by atoms with van der Waals surface area (Å²) in [7, 11) is 0. The fourth-order valence-corrected chi connectivity index (χ4v) is 2.47. The summed E-state index contributed by atoms with van der Waals surface area (Å²) in [5.41, 5.74) is 0. The van der Waals surface area contributed by atoms with Gasteiger partial charge >= 0.3 is 0 Å². The third kappa shape index (κ3) is 3.11. The molecule has 2 unspecified atom stereocenters. The Morgan fingerprint density at radius 3 is 3.06 bits per heavy atom. The number of carbonyl (C=O) groups is 1. The number of amides is 1. The first-order valence-corrected chi connectivity index (χ1v) is 6.98. The van der Waals surface area contributed by atoms with Gasteiger partial charge in [0.15, 0.2) is 0 Å². The molecule has 0 aromatic carbocycles. The molecule has 0 spiro atoms. The van der Waals surface area contributed by atoms with Crippen molar-refractivity contribution >= 4 is 21.8 Å². The molecule has 100 valence electrons. The Labute approximate surface area is 115 Å². The maximum Gasteiger partial charge on any atom is 0.244 e. The van der Waals surface area contributed by atoms with Crippen LogP contribution in [-0.4, -0.2) is 45.9 Å². The van der Waals surface area contributed by atoms with E-state index in [2.05, 4.69) is 28.0 Å². The van der Waals surface area contributed by atoms with E-state index in [1.54, 1.807) is 10.9 Å². The van der Waals surface area contributed by atoms with Crippen molar-refractivity contribution in [3.8, 4) is 0 Å². The highest BCUT2D eigenvalue weighted by Gasteiger charge is 2.29. The van der Waals surface area contributed by atoms with Gasteiger partial charge in [0.25, 0.3) is 0 Å². The van der Waals surface area contributed by atoms with Crippen LogP contribution in [0.25, 0.3) is 0 Å². The van der Waals surface area contributed by atoms with Crippen molar-refractivity contribution in [1.29, 1.82) is 0 Å². The van der Waals surface area contributed by atoms with Crippen molar-refractivity contribution in [2.75, 3.05) is 13.2 Å². The van der Waals surface area contributed by atoms with E-state index in [9.17, 15) is 4.79 Å². The zero-order chi connectivity index (χ0) is 13.1. The molecule has 0 saturated carbocycles. The summed E-state index contributed by atoms with van der Waals surface area (Å²) in [5.74, 6) is 0.104. The summed E-state index contributed by atoms with van der Waals surface area (Å²) in [4.78, 5) is 14.2. The molecular weight excluding hydrogens is 298 g/mol. The van der Waals surface area contributed by atoms with Crippen LogP contribution in [0.3, 0.4) is 0 Å². The molecule has 6 heteroatoms. The Balaban J connectivity index is 2.01. The standard InChI is InChI=1S/C12H18BrN3O2/c1-3-11-8-18-9(2)5-16(11)12(17)7-15-6-10(13)4-14-15/h4,6,9,11H,3,5,7-8H2,1-2H3. The highest BCUT2D eigenvalue weighted by molar-refractivity contribution is 9.10. The van der Waals surface area contributed by atoms with Crippen LogP contribution in [0.5, 0.6) is 0 Å². The molecule has 2 heterocycles. The van der Waals surface area contributed by atoms with Gasteiger partial charge < -0.3 is 9.64 Å². The van der Waals surface area contributed by atoms with Gasteiger partial charge in [0.1, 0.15) is 6.54 Å². The molecule has 1 aromatic rings. The summed E-state index contributed by atoms with van der Waals surface area (Å²) in [6, 6.07) is 0.188. The Hall–Kier alpha value is -0.880. The molecule has 0 aliphatic carbocycles. The van der Waals surface area contributed by atoms with Crippen LogP contribution in [0.2, 0.25) is 0 Å². The summed E-state index contributed by atoms with van der Waals surface area (Å²) in [6.07, 6.45) is 4.53. The highest BCUT2D eigenvalue weighted by Crippen LogP contribution is 2.15. The van der Waals surface area contributed by atoms with Crippen LogP contribution in [0.4, 0.5) is 0 Å². The van der Waals surface area contributed by atoms with Gasteiger partial charge in [-0.2, -0.15) is 5.10 Å². The van der Waals surface area contributed by atoms with E-state index in [0.29, 0.717) is 13.2 Å². The minimum atomic E-state index is 0.104. The van der Waals surface area contributed by atoms with Crippen molar-refractivity contribution in [3.05, 3.63) is 16.9 Å². The van der Waals surface area contributed by atoms with Crippen molar-refractivity contribution in [2.45, 2.75) is 39.0 Å². The highest BCUT2D eigenvalue weighted by atomic mass is 79.9. The Kier molecular flexibility index (Phi) is 4.40. The molecule has 1 saturated heterocycles. The average molecular weight is 316 g/mol. The van der Waals surface area contributed by atoms with Crippen LogP contribution < -0.4 is 0 Å². The number of halogens is 1. The van der Waals surface area contributed by atoms with Crippen LogP contribution in [0.1, 0.15) is 20.3 Å². The van der Waals surface area contributed by atoms with E-state index in [0.717, 1.165) is 10.9 Å². The first-order chi connectivity index (χ1) is 8.60. The second kappa shape index (κ2) is 5.84. The normalized spacial score (nSPS) is 24.3. The van der Waals surface area contributed by atoms with E-state index in [-0.39, 0.29) is 24.6 Å². The molecule has 0 bridgehead atoms. The number of rotatable bonds is 3. The van der Waals surface area contributed by atoms with E-state index in [4.69, 9.17) is 4.74 Å². The van der Waals surface area contributed by atoms with Crippen LogP contribution in [-0.2, 0) is 16.1 Å². The van der Waals surface area contributed by atoms with Gasteiger partial charge in [-0.3, -0.25) is 9.48 Å². The van der Waals surface area contributed by atoms with Gasteiger partial charge in [-0.1, -0.05) is 6.92 Å². The lowest BCUT2D eigenvalue weighted by molar-refractivity contribution is -0.145. The van der Waals surface area contributed by atoms with Crippen molar-refractivity contribution < 1.29 is 9.53 Å². The summed E-state index contributed by atoms with van der Waals surface area (Å²) in [6.45, 7) is 5.66. The van der Waals surface area contributed by atoms with E-state index in [1.165, 1.54) is 0 Å².